The molecule has 0 saturated heterocycles. The predicted octanol–water partition coefficient (Wildman–Crippen LogP) is 2.94. The molecule has 98 valence electrons. The van der Waals surface area contributed by atoms with E-state index in [0.29, 0.717) is 13.0 Å². The number of carbonyl (C=O) groups excluding carboxylic acids is 1. The van der Waals surface area contributed by atoms with Crippen LogP contribution in [0.3, 0.4) is 0 Å². The number of benzene rings is 1. The number of carbonyl (C=O) groups is 1. The average molecular weight is 254 g/mol. The molecule has 0 unspecified atom stereocenters. The highest BCUT2D eigenvalue weighted by atomic mass is 16.1. The second-order valence-electron chi connectivity index (χ2n) is 5.56. The van der Waals surface area contributed by atoms with E-state index in [2.05, 4.69) is 4.98 Å². The number of nitrogens with zero attached hydrogens (tertiary/aromatic N) is 1. The van der Waals surface area contributed by atoms with Gasteiger partial charge in [0, 0.05) is 29.8 Å². The Balaban J connectivity index is 1.93. The SMILES string of the molecule is NCC1(CC(=O)c2cccc3cnccc23)CCC1. The Hall–Kier alpha value is -1.74. The Bertz CT molecular complexity index is 606. The Kier molecular flexibility index (Phi) is 3.07. The van der Waals surface area contributed by atoms with Crippen molar-refractivity contribution in [1.82, 2.24) is 4.98 Å². The Morgan fingerprint density at radius 3 is 2.84 bits per heavy atom. The van der Waals surface area contributed by atoms with E-state index in [-0.39, 0.29) is 11.2 Å². The van der Waals surface area contributed by atoms with Gasteiger partial charge in [0.2, 0.25) is 0 Å². The molecule has 3 rings (SSSR count). The number of rotatable bonds is 4. The average Bonchev–Trinajstić information content (AvgIpc) is 2.42. The molecule has 1 saturated carbocycles. The molecule has 0 radical (unpaired) electrons. The van der Waals surface area contributed by atoms with Gasteiger partial charge in [0.1, 0.15) is 0 Å². The molecule has 1 fully saturated rings. The normalized spacial score (nSPS) is 17.1. The number of aromatic nitrogens is 1. The Morgan fingerprint density at radius 1 is 1.32 bits per heavy atom. The van der Waals surface area contributed by atoms with Crippen molar-refractivity contribution in [3.63, 3.8) is 0 Å². The number of fused-ring (bicyclic) bond motifs is 1. The van der Waals surface area contributed by atoms with Crippen molar-refractivity contribution in [2.45, 2.75) is 25.7 Å². The van der Waals surface area contributed by atoms with Gasteiger partial charge in [-0.15, -0.1) is 0 Å². The van der Waals surface area contributed by atoms with Crippen molar-refractivity contribution >= 4 is 16.6 Å². The van der Waals surface area contributed by atoms with Crippen LogP contribution in [-0.4, -0.2) is 17.3 Å². The van der Waals surface area contributed by atoms with Crippen LogP contribution in [-0.2, 0) is 0 Å². The smallest absolute Gasteiger partial charge is 0.164 e. The van der Waals surface area contributed by atoms with Gasteiger partial charge in [-0.05, 0) is 36.3 Å². The minimum Gasteiger partial charge on any atom is -0.330 e. The summed E-state index contributed by atoms with van der Waals surface area (Å²) in [7, 11) is 0. The lowest BCUT2D eigenvalue weighted by Crippen LogP contribution is -2.39. The van der Waals surface area contributed by atoms with Crippen LogP contribution in [0.15, 0.2) is 36.7 Å². The van der Waals surface area contributed by atoms with Crippen LogP contribution in [0.5, 0.6) is 0 Å². The summed E-state index contributed by atoms with van der Waals surface area (Å²) in [5, 5.41) is 2.01. The highest BCUT2D eigenvalue weighted by Crippen LogP contribution is 2.43. The molecule has 0 spiro atoms. The molecule has 0 amide bonds. The molecule has 1 heterocycles. The molecule has 0 atom stereocenters. The van der Waals surface area contributed by atoms with Gasteiger partial charge in [-0.3, -0.25) is 9.78 Å². The van der Waals surface area contributed by atoms with E-state index in [0.717, 1.165) is 29.2 Å². The summed E-state index contributed by atoms with van der Waals surface area (Å²) in [6.45, 7) is 0.616. The first kappa shape index (κ1) is 12.3. The summed E-state index contributed by atoms with van der Waals surface area (Å²) >= 11 is 0. The maximum Gasteiger partial charge on any atom is 0.164 e. The molecule has 1 aliphatic carbocycles. The summed E-state index contributed by atoms with van der Waals surface area (Å²) in [4.78, 5) is 16.7. The van der Waals surface area contributed by atoms with E-state index in [4.69, 9.17) is 5.73 Å². The van der Waals surface area contributed by atoms with Crippen LogP contribution >= 0.6 is 0 Å². The van der Waals surface area contributed by atoms with Gasteiger partial charge in [-0.25, -0.2) is 0 Å². The lowest BCUT2D eigenvalue weighted by atomic mass is 9.65. The number of pyridine rings is 1. The van der Waals surface area contributed by atoms with Gasteiger partial charge < -0.3 is 5.73 Å². The predicted molar refractivity (Wildman–Crippen MR) is 76.0 cm³/mol. The van der Waals surface area contributed by atoms with Crippen LogP contribution in [0.1, 0.15) is 36.0 Å². The molecule has 3 nitrogen and oxygen atoms in total. The van der Waals surface area contributed by atoms with Crippen molar-refractivity contribution < 1.29 is 4.79 Å². The van der Waals surface area contributed by atoms with Crippen molar-refractivity contribution in [1.29, 1.82) is 0 Å². The summed E-state index contributed by atoms with van der Waals surface area (Å²) in [5.41, 5.74) is 6.71. The maximum atomic E-state index is 12.5. The Morgan fingerprint density at radius 2 is 2.16 bits per heavy atom. The van der Waals surface area contributed by atoms with Crippen molar-refractivity contribution in [3.05, 3.63) is 42.2 Å². The zero-order valence-electron chi connectivity index (χ0n) is 10.9. The molecular weight excluding hydrogens is 236 g/mol. The summed E-state index contributed by atoms with van der Waals surface area (Å²) in [6, 6.07) is 7.74. The topological polar surface area (TPSA) is 56.0 Å². The van der Waals surface area contributed by atoms with Gasteiger partial charge in [0.05, 0.1) is 0 Å². The minimum atomic E-state index is 0.0618. The van der Waals surface area contributed by atoms with E-state index in [9.17, 15) is 4.79 Å². The molecule has 19 heavy (non-hydrogen) atoms. The van der Waals surface area contributed by atoms with Gasteiger partial charge in [0.25, 0.3) is 0 Å². The van der Waals surface area contributed by atoms with Crippen LogP contribution in [0.2, 0.25) is 0 Å². The third-order valence-corrected chi connectivity index (χ3v) is 4.36. The van der Waals surface area contributed by atoms with E-state index in [1.165, 1.54) is 6.42 Å². The molecule has 1 aromatic heterocycles. The lowest BCUT2D eigenvalue weighted by Gasteiger charge is -2.40. The van der Waals surface area contributed by atoms with Gasteiger partial charge in [-0.2, -0.15) is 0 Å². The fourth-order valence-corrected chi connectivity index (χ4v) is 2.93. The van der Waals surface area contributed by atoms with Crippen LogP contribution in [0.4, 0.5) is 0 Å². The van der Waals surface area contributed by atoms with Crippen molar-refractivity contribution in [2.75, 3.05) is 6.54 Å². The first-order chi connectivity index (χ1) is 9.24. The van der Waals surface area contributed by atoms with Crippen LogP contribution in [0, 0.1) is 5.41 Å². The minimum absolute atomic E-state index is 0.0618. The van der Waals surface area contributed by atoms with Gasteiger partial charge in [0.15, 0.2) is 5.78 Å². The first-order valence-electron chi connectivity index (χ1n) is 6.80. The Labute approximate surface area is 112 Å². The number of ketones is 1. The fraction of sp³-hybridized carbons (Fsp3) is 0.375. The largest absolute Gasteiger partial charge is 0.330 e. The van der Waals surface area contributed by atoms with Crippen LogP contribution < -0.4 is 5.73 Å². The quantitative estimate of drug-likeness (QED) is 0.853. The highest BCUT2D eigenvalue weighted by Gasteiger charge is 2.37. The monoisotopic (exact) mass is 254 g/mol. The first-order valence-corrected chi connectivity index (χ1v) is 6.80. The number of nitrogens with two attached hydrogens (primary N) is 1. The second-order valence-corrected chi connectivity index (χ2v) is 5.56. The molecule has 0 bridgehead atoms. The molecule has 1 aromatic carbocycles. The molecule has 2 aromatic rings. The number of hydrogen-bond donors (Lipinski definition) is 1. The van der Waals surface area contributed by atoms with Gasteiger partial charge >= 0.3 is 0 Å². The fourth-order valence-electron chi connectivity index (χ4n) is 2.93. The summed E-state index contributed by atoms with van der Waals surface area (Å²) in [5.74, 6) is 0.210. The van der Waals surface area contributed by atoms with Crippen molar-refractivity contribution in [2.24, 2.45) is 11.1 Å². The maximum absolute atomic E-state index is 12.5. The van der Waals surface area contributed by atoms with Crippen LogP contribution in [0.25, 0.3) is 10.8 Å². The molecule has 1 aliphatic rings. The third-order valence-electron chi connectivity index (χ3n) is 4.36. The zero-order chi connectivity index (χ0) is 13.3. The number of hydrogen-bond acceptors (Lipinski definition) is 3. The molecule has 3 heteroatoms. The second kappa shape index (κ2) is 4.74. The molecule has 0 aliphatic heterocycles. The van der Waals surface area contributed by atoms with Crippen molar-refractivity contribution in [3.8, 4) is 0 Å². The highest BCUT2D eigenvalue weighted by molar-refractivity contribution is 6.08. The van der Waals surface area contributed by atoms with E-state index in [1.54, 1.807) is 12.4 Å². The molecule has 2 N–H and O–H groups in total. The number of Topliss-reactive ketones (excluding diaryl/α,β-unsaturated/α-hetero) is 1. The standard InChI is InChI=1S/C16H18N2O/c17-11-16(6-2-7-16)9-15(19)14-4-1-3-12-10-18-8-5-13(12)14/h1,3-5,8,10H,2,6-7,9,11,17H2. The third kappa shape index (κ3) is 2.15. The summed E-state index contributed by atoms with van der Waals surface area (Å²) < 4.78 is 0. The molecular formula is C16H18N2O. The lowest BCUT2D eigenvalue weighted by molar-refractivity contribution is 0.0787. The zero-order valence-corrected chi connectivity index (χ0v) is 10.9. The van der Waals surface area contributed by atoms with Gasteiger partial charge in [-0.1, -0.05) is 24.6 Å². The summed E-state index contributed by atoms with van der Waals surface area (Å²) in [6.07, 6.45) is 7.48. The van der Waals surface area contributed by atoms with E-state index >= 15 is 0 Å². The van der Waals surface area contributed by atoms with E-state index in [1.807, 2.05) is 24.3 Å². The van der Waals surface area contributed by atoms with E-state index < -0.39 is 0 Å².